The molecular formula is C17H25FN4O. The SMILES string of the molecule is CCNC(=NCc1ccc(C)c(F)c1)N1CCN(C(C)=O)CC1. The van der Waals surface area contributed by atoms with E-state index < -0.39 is 0 Å². The van der Waals surface area contributed by atoms with Crippen LogP contribution in [0.4, 0.5) is 4.39 Å². The topological polar surface area (TPSA) is 47.9 Å². The molecule has 6 heteroatoms. The summed E-state index contributed by atoms with van der Waals surface area (Å²) < 4.78 is 13.6. The lowest BCUT2D eigenvalue weighted by Crippen LogP contribution is -2.53. The van der Waals surface area contributed by atoms with Gasteiger partial charge in [0, 0.05) is 39.6 Å². The van der Waals surface area contributed by atoms with Gasteiger partial charge in [-0.25, -0.2) is 9.38 Å². The maximum atomic E-state index is 13.6. The number of aliphatic imine (C=N–C) groups is 1. The molecule has 1 aliphatic rings. The summed E-state index contributed by atoms with van der Waals surface area (Å²) in [5.41, 5.74) is 1.50. The maximum Gasteiger partial charge on any atom is 0.219 e. The van der Waals surface area contributed by atoms with Gasteiger partial charge in [-0.2, -0.15) is 0 Å². The number of halogens is 1. The third kappa shape index (κ3) is 4.68. The van der Waals surface area contributed by atoms with Crippen molar-refractivity contribution in [3.63, 3.8) is 0 Å². The van der Waals surface area contributed by atoms with Crippen LogP contribution in [0.15, 0.2) is 23.2 Å². The molecule has 0 radical (unpaired) electrons. The van der Waals surface area contributed by atoms with Crippen LogP contribution in [-0.4, -0.2) is 54.4 Å². The van der Waals surface area contributed by atoms with Crippen molar-refractivity contribution in [1.29, 1.82) is 0 Å². The minimum Gasteiger partial charge on any atom is -0.357 e. The summed E-state index contributed by atoms with van der Waals surface area (Å²) in [5.74, 6) is 0.733. The van der Waals surface area contributed by atoms with Gasteiger partial charge < -0.3 is 15.1 Å². The lowest BCUT2D eigenvalue weighted by atomic mass is 10.1. The highest BCUT2D eigenvalue weighted by Gasteiger charge is 2.20. The Balaban J connectivity index is 2.02. The van der Waals surface area contributed by atoms with Gasteiger partial charge in [-0.3, -0.25) is 4.79 Å². The second kappa shape index (κ2) is 7.94. The number of amides is 1. The monoisotopic (exact) mass is 320 g/mol. The molecule has 0 aliphatic carbocycles. The van der Waals surface area contributed by atoms with Crippen LogP contribution in [-0.2, 0) is 11.3 Å². The Labute approximate surface area is 137 Å². The summed E-state index contributed by atoms with van der Waals surface area (Å²) in [7, 11) is 0. The molecule has 0 atom stereocenters. The van der Waals surface area contributed by atoms with E-state index in [9.17, 15) is 9.18 Å². The number of benzene rings is 1. The molecule has 1 saturated heterocycles. The first-order valence-electron chi connectivity index (χ1n) is 8.05. The van der Waals surface area contributed by atoms with Crippen molar-refractivity contribution in [2.45, 2.75) is 27.3 Å². The van der Waals surface area contributed by atoms with Crippen LogP contribution in [0.5, 0.6) is 0 Å². The van der Waals surface area contributed by atoms with E-state index in [-0.39, 0.29) is 11.7 Å². The molecule has 1 aromatic carbocycles. The summed E-state index contributed by atoms with van der Waals surface area (Å²) in [6.07, 6.45) is 0. The summed E-state index contributed by atoms with van der Waals surface area (Å²) in [4.78, 5) is 20.0. The Kier molecular flexibility index (Phi) is 5.96. The number of rotatable bonds is 3. The first-order chi connectivity index (χ1) is 11.0. The Hall–Kier alpha value is -2.11. The molecule has 1 heterocycles. The van der Waals surface area contributed by atoms with Crippen molar-refractivity contribution < 1.29 is 9.18 Å². The van der Waals surface area contributed by atoms with Crippen molar-refractivity contribution in [3.8, 4) is 0 Å². The van der Waals surface area contributed by atoms with Gasteiger partial charge in [0.25, 0.3) is 0 Å². The van der Waals surface area contributed by atoms with E-state index in [1.165, 1.54) is 6.07 Å². The minimum absolute atomic E-state index is 0.113. The molecule has 126 valence electrons. The van der Waals surface area contributed by atoms with E-state index in [0.717, 1.165) is 31.2 Å². The molecule has 1 amide bonds. The summed E-state index contributed by atoms with van der Waals surface area (Å²) in [6.45, 7) is 9.51. The Bertz CT molecular complexity index is 580. The smallest absolute Gasteiger partial charge is 0.219 e. The summed E-state index contributed by atoms with van der Waals surface area (Å²) in [5, 5.41) is 3.27. The third-order valence-corrected chi connectivity index (χ3v) is 4.01. The normalized spacial score (nSPS) is 15.7. The fourth-order valence-electron chi connectivity index (χ4n) is 2.56. The Morgan fingerprint density at radius 1 is 1.26 bits per heavy atom. The fourth-order valence-corrected chi connectivity index (χ4v) is 2.56. The molecule has 1 aliphatic heterocycles. The average Bonchev–Trinajstić information content (AvgIpc) is 2.54. The van der Waals surface area contributed by atoms with Crippen LogP contribution in [0.3, 0.4) is 0 Å². The van der Waals surface area contributed by atoms with Gasteiger partial charge in [-0.15, -0.1) is 0 Å². The van der Waals surface area contributed by atoms with Crippen LogP contribution < -0.4 is 5.32 Å². The largest absolute Gasteiger partial charge is 0.357 e. The van der Waals surface area contributed by atoms with Crippen molar-refractivity contribution in [2.75, 3.05) is 32.7 Å². The van der Waals surface area contributed by atoms with Crippen LogP contribution in [0.1, 0.15) is 25.0 Å². The van der Waals surface area contributed by atoms with Gasteiger partial charge in [0.1, 0.15) is 5.82 Å². The van der Waals surface area contributed by atoms with Gasteiger partial charge in [0.15, 0.2) is 5.96 Å². The van der Waals surface area contributed by atoms with Crippen LogP contribution >= 0.6 is 0 Å². The molecule has 5 nitrogen and oxygen atoms in total. The number of aryl methyl sites for hydroxylation is 1. The zero-order chi connectivity index (χ0) is 16.8. The Morgan fingerprint density at radius 3 is 2.48 bits per heavy atom. The molecule has 0 aromatic heterocycles. The molecule has 0 unspecified atom stereocenters. The average molecular weight is 320 g/mol. The first-order valence-corrected chi connectivity index (χ1v) is 8.05. The fraction of sp³-hybridized carbons (Fsp3) is 0.529. The zero-order valence-electron chi connectivity index (χ0n) is 14.1. The predicted octanol–water partition coefficient (Wildman–Crippen LogP) is 1.76. The van der Waals surface area contributed by atoms with Crippen molar-refractivity contribution in [3.05, 3.63) is 35.1 Å². The van der Waals surface area contributed by atoms with E-state index in [0.29, 0.717) is 25.2 Å². The lowest BCUT2D eigenvalue weighted by molar-refractivity contribution is -0.130. The molecule has 1 N–H and O–H groups in total. The number of piperazine rings is 1. The second-order valence-corrected chi connectivity index (χ2v) is 5.75. The number of nitrogens with zero attached hydrogens (tertiary/aromatic N) is 3. The Morgan fingerprint density at radius 2 is 1.91 bits per heavy atom. The molecule has 2 rings (SSSR count). The van der Waals surface area contributed by atoms with Gasteiger partial charge in [-0.05, 0) is 31.0 Å². The summed E-state index contributed by atoms with van der Waals surface area (Å²) in [6, 6.07) is 5.22. The molecular weight excluding hydrogens is 295 g/mol. The van der Waals surface area contributed by atoms with Gasteiger partial charge in [0.05, 0.1) is 6.54 Å². The number of hydrogen-bond acceptors (Lipinski definition) is 2. The number of guanidine groups is 1. The minimum atomic E-state index is -0.197. The lowest BCUT2D eigenvalue weighted by Gasteiger charge is -2.36. The van der Waals surface area contributed by atoms with Crippen molar-refractivity contribution in [1.82, 2.24) is 15.1 Å². The maximum absolute atomic E-state index is 13.6. The molecule has 1 aromatic rings. The predicted molar refractivity (Wildman–Crippen MR) is 89.8 cm³/mol. The van der Waals surface area contributed by atoms with E-state index in [1.807, 2.05) is 17.9 Å². The second-order valence-electron chi connectivity index (χ2n) is 5.75. The van der Waals surface area contributed by atoms with Crippen LogP contribution in [0, 0.1) is 12.7 Å². The standard InChI is InChI=1S/C17H25FN4O/c1-4-19-17(22-9-7-21(8-10-22)14(3)23)20-12-15-6-5-13(2)16(18)11-15/h5-6,11H,4,7-10,12H2,1-3H3,(H,19,20). The van der Waals surface area contributed by atoms with Gasteiger partial charge >= 0.3 is 0 Å². The molecule has 23 heavy (non-hydrogen) atoms. The number of carbonyl (C=O) groups excluding carboxylic acids is 1. The van der Waals surface area contributed by atoms with E-state index in [2.05, 4.69) is 15.2 Å². The quantitative estimate of drug-likeness (QED) is 0.682. The molecule has 0 bridgehead atoms. The highest BCUT2D eigenvalue weighted by atomic mass is 19.1. The van der Waals surface area contributed by atoms with Gasteiger partial charge in [-0.1, -0.05) is 12.1 Å². The molecule has 0 saturated carbocycles. The summed E-state index contributed by atoms with van der Waals surface area (Å²) >= 11 is 0. The van der Waals surface area contributed by atoms with E-state index >= 15 is 0 Å². The molecule has 0 spiro atoms. The van der Waals surface area contributed by atoms with Crippen LogP contribution in [0.25, 0.3) is 0 Å². The zero-order valence-corrected chi connectivity index (χ0v) is 14.1. The highest BCUT2D eigenvalue weighted by Crippen LogP contribution is 2.11. The number of carbonyl (C=O) groups is 1. The van der Waals surface area contributed by atoms with E-state index in [1.54, 1.807) is 19.9 Å². The van der Waals surface area contributed by atoms with Gasteiger partial charge in [0.2, 0.25) is 5.91 Å². The van der Waals surface area contributed by atoms with Crippen molar-refractivity contribution >= 4 is 11.9 Å². The van der Waals surface area contributed by atoms with E-state index in [4.69, 9.17) is 0 Å². The van der Waals surface area contributed by atoms with Crippen molar-refractivity contribution in [2.24, 2.45) is 4.99 Å². The highest BCUT2D eigenvalue weighted by molar-refractivity contribution is 5.80. The molecule has 1 fully saturated rings. The first kappa shape index (κ1) is 17.2. The number of nitrogens with one attached hydrogen (secondary N) is 1. The number of hydrogen-bond donors (Lipinski definition) is 1. The third-order valence-electron chi connectivity index (χ3n) is 4.01. The van der Waals surface area contributed by atoms with Crippen LogP contribution in [0.2, 0.25) is 0 Å².